The van der Waals surface area contributed by atoms with Crippen LogP contribution in [-0.2, 0) is 0 Å². The van der Waals surface area contributed by atoms with E-state index in [-0.39, 0.29) is 16.7 Å². The van der Waals surface area contributed by atoms with Crippen molar-refractivity contribution in [2.24, 2.45) is 0 Å². The van der Waals surface area contributed by atoms with Crippen LogP contribution >= 0.6 is 0 Å². The number of carbonyl (C=O) groups excluding carboxylic acids is 1. The predicted molar refractivity (Wildman–Crippen MR) is 91.5 cm³/mol. The number of carbonyl (C=O) groups is 1. The normalized spacial score (nSPS) is 11.4. The summed E-state index contributed by atoms with van der Waals surface area (Å²) >= 11 is 0. The lowest BCUT2D eigenvalue weighted by molar-refractivity contribution is -0.702. The van der Waals surface area contributed by atoms with Crippen LogP contribution in [-0.4, -0.2) is 23.5 Å². The fourth-order valence-corrected chi connectivity index (χ4v) is 2.36. The van der Waals surface area contributed by atoms with E-state index in [1.165, 1.54) is 36.7 Å². The lowest BCUT2D eigenvalue weighted by atomic mass is 10.0. The summed E-state index contributed by atoms with van der Waals surface area (Å²) in [6, 6.07) is 11.5. The first-order chi connectivity index (χ1) is 13.8. The molecular weight excluding hydrogens is 397 g/mol. The maximum atomic E-state index is 14.5. The maximum absolute atomic E-state index is 14.5. The monoisotopic (exact) mass is 410 g/mol. The summed E-state index contributed by atoms with van der Waals surface area (Å²) in [5.41, 5.74) is 2.82. The van der Waals surface area contributed by atoms with Gasteiger partial charge in [0.15, 0.2) is 0 Å². The highest BCUT2D eigenvalue weighted by Gasteiger charge is 2.43. The maximum Gasteiger partial charge on any atom is 0.461 e. The summed E-state index contributed by atoms with van der Waals surface area (Å²) in [4.78, 5) is 13.3. The predicted octanol–water partition coefficient (Wildman–Crippen LogP) is 3.80. The second-order valence-corrected chi connectivity index (χ2v) is 5.77. The number of halogens is 5. The minimum atomic E-state index is -4.63. The average Bonchev–Trinajstić information content (AvgIpc) is 2.69. The van der Waals surface area contributed by atoms with Crippen molar-refractivity contribution in [3.63, 3.8) is 0 Å². The molecular formula is C19H13F5N3O2+. The first kappa shape index (κ1) is 20.2. The molecule has 150 valence electrons. The Hall–Kier alpha value is -3.56. The molecule has 0 saturated heterocycles. The molecule has 5 nitrogen and oxygen atoms in total. The van der Waals surface area contributed by atoms with Crippen molar-refractivity contribution in [3.05, 3.63) is 78.4 Å². The van der Waals surface area contributed by atoms with Crippen molar-refractivity contribution < 1.29 is 36.3 Å². The fourth-order valence-electron chi connectivity index (χ4n) is 2.36. The molecule has 0 atom stereocenters. The quantitative estimate of drug-likeness (QED) is 0.497. The molecule has 0 bridgehead atoms. The number of benzene rings is 2. The van der Waals surface area contributed by atoms with Gasteiger partial charge in [0.1, 0.15) is 11.6 Å². The molecule has 1 N–H and O–H groups in total. The molecule has 29 heavy (non-hydrogen) atoms. The van der Waals surface area contributed by atoms with Gasteiger partial charge < -0.3 is 4.74 Å². The van der Waals surface area contributed by atoms with Crippen LogP contribution in [0.5, 0.6) is 5.75 Å². The molecule has 0 aliphatic rings. The van der Waals surface area contributed by atoms with E-state index in [4.69, 9.17) is 0 Å². The summed E-state index contributed by atoms with van der Waals surface area (Å²) in [7, 11) is 0. The Morgan fingerprint density at radius 1 is 1.10 bits per heavy atom. The summed E-state index contributed by atoms with van der Waals surface area (Å²) in [6.45, 7) is 0. The van der Waals surface area contributed by atoms with Gasteiger partial charge in [0.05, 0.1) is 6.20 Å². The SMILES string of the molecule is O=C(N[n+]1ccccn1)c1ccc(-c2ccc(OC(F)(F)C(F)F)cc2)c(F)c1. The molecule has 0 unspecified atom stereocenters. The molecule has 2 aromatic carbocycles. The highest BCUT2D eigenvalue weighted by Crippen LogP contribution is 2.30. The minimum absolute atomic E-state index is 0.0286. The molecule has 3 aromatic rings. The highest BCUT2D eigenvalue weighted by atomic mass is 19.3. The smallest absolute Gasteiger partial charge is 0.428 e. The van der Waals surface area contributed by atoms with Crippen LogP contribution in [0.15, 0.2) is 67.0 Å². The zero-order valence-corrected chi connectivity index (χ0v) is 14.5. The summed E-state index contributed by atoms with van der Waals surface area (Å²) in [6.07, 6.45) is -5.67. The van der Waals surface area contributed by atoms with Gasteiger partial charge in [-0.1, -0.05) is 23.6 Å². The molecule has 1 aromatic heterocycles. The van der Waals surface area contributed by atoms with Gasteiger partial charge in [0, 0.05) is 27.1 Å². The first-order valence-electron chi connectivity index (χ1n) is 8.15. The lowest BCUT2D eigenvalue weighted by Crippen LogP contribution is -2.50. The van der Waals surface area contributed by atoms with Crippen molar-refractivity contribution in [1.29, 1.82) is 0 Å². The Morgan fingerprint density at radius 2 is 1.83 bits per heavy atom. The Balaban J connectivity index is 1.75. The van der Waals surface area contributed by atoms with Crippen LogP contribution in [0.1, 0.15) is 10.4 Å². The van der Waals surface area contributed by atoms with Crippen LogP contribution in [0, 0.1) is 5.82 Å². The molecule has 0 aliphatic carbocycles. The van der Waals surface area contributed by atoms with Crippen molar-refractivity contribution >= 4 is 5.91 Å². The second kappa shape index (κ2) is 8.21. The van der Waals surface area contributed by atoms with Gasteiger partial charge in [-0.15, -0.1) is 0 Å². The summed E-state index contributed by atoms with van der Waals surface area (Å²) < 4.78 is 68.6. The number of aromatic nitrogens is 2. The largest absolute Gasteiger partial charge is 0.461 e. The zero-order chi connectivity index (χ0) is 21.0. The number of alkyl halides is 4. The van der Waals surface area contributed by atoms with E-state index in [2.05, 4.69) is 15.3 Å². The number of nitrogens with zero attached hydrogens (tertiary/aromatic N) is 2. The van der Waals surface area contributed by atoms with E-state index >= 15 is 0 Å². The lowest BCUT2D eigenvalue weighted by Gasteiger charge is -2.17. The van der Waals surface area contributed by atoms with E-state index < -0.39 is 30.0 Å². The molecule has 0 saturated carbocycles. The molecule has 0 spiro atoms. The molecule has 1 amide bonds. The van der Waals surface area contributed by atoms with Gasteiger partial charge in [0.2, 0.25) is 6.20 Å². The third-order valence-electron chi connectivity index (χ3n) is 3.74. The Morgan fingerprint density at radius 3 is 2.41 bits per heavy atom. The van der Waals surface area contributed by atoms with Gasteiger partial charge in [-0.3, -0.25) is 4.79 Å². The number of hydrogen-bond donors (Lipinski definition) is 1. The fraction of sp³-hybridized carbons (Fsp3) is 0.105. The van der Waals surface area contributed by atoms with Crippen molar-refractivity contribution in [3.8, 4) is 16.9 Å². The van der Waals surface area contributed by atoms with Crippen LogP contribution in [0.25, 0.3) is 11.1 Å². The topological polar surface area (TPSA) is 55.1 Å². The Bertz CT molecular complexity index is 998. The summed E-state index contributed by atoms with van der Waals surface area (Å²) in [5, 5.41) is 3.85. The van der Waals surface area contributed by atoms with Crippen molar-refractivity contribution in [1.82, 2.24) is 5.10 Å². The molecule has 10 heteroatoms. The van der Waals surface area contributed by atoms with Crippen molar-refractivity contribution in [2.75, 3.05) is 5.43 Å². The number of rotatable bonds is 6. The Kier molecular flexibility index (Phi) is 5.71. The van der Waals surface area contributed by atoms with Crippen LogP contribution in [0.3, 0.4) is 0 Å². The number of amides is 1. The molecule has 1 heterocycles. The molecule has 0 aliphatic heterocycles. The van der Waals surface area contributed by atoms with Crippen LogP contribution < -0.4 is 15.0 Å². The zero-order valence-electron chi connectivity index (χ0n) is 14.5. The van der Waals surface area contributed by atoms with E-state index in [1.807, 2.05) is 0 Å². The van der Waals surface area contributed by atoms with Gasteiger partial charge in [-0.2, -0.15) is 17.6 Å². The second-order valence-electron chi connectivity index (χ2n) is 5.77. The van der Waals surface area contributed by atoms with Gasteiger partial charge in [-0.05, 0) is 35.9 Å². The van der Waals surface area contributed by atoms with Gasteiger partial charge in [-0.25, -0.2) is 4.39 Å². The third-order valence-corrected chi connectivity index (χ3v) is 3.74. The molecule has 0 radical (unpaired) electrons. The molecule has 0 fully saturated rings. The number of ether oxygens (including phenoxy) is 1. The highest BCUT2D eigenvalue weighted by molar-refractivity contribution is 5.99. The number of nitrogens with one attached hydrogen (secondary N) is 1. The minimum Gasteiger partial charge on any atom is -0.428 e. The van der Waals surface area contributed by atoms with Crippen LogP contribution in [0.4, 0.5) is 22.0 Å². The Labute approximate surface area is 161 Å². The average molecular weight is 410 g/mol. The van der Waals surface area contributed by atoms with E-state index in [9.17, 15) is 26.7 Å². The van der Waals surface area contributed by atoms with E-state index in [0.29, 0.717) is 0 Å². The summed E-state index contributed by atoms with van der Waals surface area (Å²) in [5.74, 6) is -1.84. The van der Waals surface area contributed by atoms with E-state index in [0.717, 1.165) is 23.0 Å². The third kappa shape index (κ3) is 4.84. The first-order valence-corrected chi connectivity index (χ1v) is 8.15. The number of hydrogen-bond acceptors (Lipinski definition) is 3. The van der Waals surface area contributed by atoms with Gasteiger partial charge in [0.25, 0.3) is 0 Å². The van der Waals surface area contributed by atoms with Crippen LogP contribution in [0.2, 0.25) is 0 Å². The van der Waals surface area contributed by atoms with Gasteiger partial charge >= 0.3 is 18.4 Å². The van der Waals surface area contributed by atoms with E-state index in [1.54, 1.807) is 12.1 Å². The van der Waals surface area contributed by atoms with Crippen molar-refractivity contribution in [2.45, 2.75) is 12.5 Å². The molecule has 3 rings (SSSR count). The standard InChI is InChI=1S/C19H12F5N3O2/c20-16-11-13(17(28)26-27-10-2-1-9-25-27)5-8-15(16)12-3-6-14(7-4-12)29-19(23,24)18(21)22/h1-11,18H/p+1.